The summed E-state index contributed by atoms with van der Waals surface area (Å²) in [4.78, 5) is 18.6. The third-order valence-electron chi connectivity index (χ3n) is 4.62. The molecule has 0 N–H and O–H groups in total. The normalized spacial score (nSPS) is 16.8. The van der Waals surface area contributed by atoms with E-state index in [2.05, 4.69) is 15.2 Å². The Bertz CT molecular complexity index is 947. The summed E-state index contributed by atoms with van der Waals surface area (Å²) in [7, 11) is 0. The Morgan fingerprint density at radius 2 is 2.04 bits per heavy atom. The van der Waals surface area contributed by atoms with Gasteiger partial charge in [-0.3, -0.25) is 9.78 Å². The topological polar surface area (TPSA) is 81.4 Å². The van der Waals surface area contributed by atoms with Crippen molar-refractivity contribution in [3.8, 4) is 17.3 Å². The van der Waals surface area contributed by atoms with Crippen LogP contribution in [-0.4, -0.2) is 39.1 Å². The number of rotatable bonds is 5. The van der Waals surface area contributed by atoms with Crippen molar-refractivity contribution < 1.29 is 18.3 Å². The molecule has 1 aliphatic heterocycles. The number of amides is 1. The maximum Gasteiger partial charge on any atom is 0.266 e. The molecule has 4 rings (SSSR count). The van der Waals surface area contributed by atoms with Gasteiger partial charge in [0.05, 0.1) is 0 Å². The Hall–Kier alpha value is -3.29. The zero-order chi connectivity index (χ0) is 19.3. The van der Waals surface area contributed by atoms with Gasteiger partial charge in [0.1, 0.15) is 11.7 Å². The van der Waals surface area contributed by atoms with Crippen LogP contribution < -0.4 is 4.74 Å². The lowest BCUT2D eigenvalue weighted by molar-refractivity contribution is -0.137. The van der Waals surface area contributed by atoms with Crippen molar-refractivity contribution in [2.45, 2.75) is 25.3 Å². The molecule has 1 unspecified atom stereocenters. The molecule has 0 radical (unpaired) electrons. The molecule has 1 amide bonds. The molecule has 0 spiro atoms. The number of carbonyl (C=O) groups is 1. The first-order chi connectivity index (χ1) is 13.7. The van der Waals surface area contributed by atoms with E-state index in [0.717, 1.165) is 19.3 Å². The van der Waals surface area contributed by atoms with E-state index < -0.39 is 5.82 Å². The van der Waals surface area contributed by atoms with E-state index >= 15 is 0 Å². The summed E-state index contributed by atoms with van der Waals surface area (Å²) in [6.45, 7) is 0.310. The van der Waals surface area contributed by atoms with Gasteiger partial charge < -0.3 is 14.1 Å². The zero-order valence-corrected chi connectivity index (χ0v) is 15.1. The molecule has 2 aromatic heterocycles. The summed E-state index contributed by atoms with van der Waals surface area (Å²) in [6.07, 6.45) is 4.19. The summed E-state index contributed by atoms with van der Waals surface area (Å²) >= 11 is 0. The second-order valence-corrected chi connectivity index (χ2v) is 6.48. The summed E-state index contributed by atoms with van der Waals surface area (Å²) in [6, 6.07) is 11.1. The smallest absolute Gasteiger partial charge is 0.266 e. The van der Waals surface area contributed by atoms with E-state index in [9.17, 15) is 9.18 Å². The maximum atomic E-state index is 13.7. The molecule has 1 saturated heterocycles. The summed E-state index contributed by atoms with van der Waals surface area (Å²) < 4.78 is 24.9. The minimum Gasteiger partial charge on any atom is -0.481 e. The Balaban J connectivity index is 1.48. The highest BCUT2D eigenvalue weighted by atomic mass is 19.1. The van der Waals surface area contributed by atoms with E-state index in [0.29, 0.717) is 24.0 Å². The first kappa shape index (κ1) is 18.1. The highest BCUT2D eigenvalue weighted by Crippen LogP contribution is 2.31. The monoisotopic (exact) mass is 382 g/mol. The molecule has 144 valence electrons. The second-order valence-electron chi connectivity index (χ2n) is 6.48. The van der Waals surface area contributed by atoms with Gasteiger partial charge in [0, 0.05) is 12.7 Å². The Morgan fingerprint density at radius 3 is 2.86 bits per heavy atom. The maximum absolute atomic E-state index is 13.7. The van der Waals surface area contributed by atoms with Gasteiger partial charge in [-0.15, -0.1) is 10.2 Å². The first-order valence-corrected chi connectivity index (χ1v) is 9.14. The molecule has 0 aliphatic carbocycles. The van der Waals surface area contributed by atoms with Crippen molar-refractivity contribution in [3.05, 3.63) is 60.4 Å². The number of nitrogens with zero attached hydrogens (tertiary/aromatic N) is 4. The van der Waals surface area contributed by atoms with Crippen LogP contribution in [0.15, 0.2) is 53.1 Å². The van der Waals surface area contributed by atoms with Crippen molar-refractivity contribution in [1.29, 1.82) is 0 Å². The Morgan fingerprint density at radius 1 is 1.18 bits per heavy atom. The van der Waals surface area contributed by atoms with Crippen LogP contribution in [0.3, 0.4) is 0 Å². The summed E-state index contributed by atoms with van der Waals surface area (Å²) in [5.74, 6) is 0.00310. The molecule has 3 heterocycles. The van der Waals surface area contributed by atoms with Gasteiger partial charge >= 0.3 is 0 Å². The highest BCUT2D eigenvalue weighted by molar-refractivity contribution is 5.78. The number of hydrogen-bond acceptors (Lipinski definition) is 6. The van der Waals surface area contributed by atoms with E-state index in [1.165, 1.54) is 12.1 Å². The van der Waals surface area contributed by atoms with Crippen LogP contribution in [0.1, 0.15) is 31.2 Å². The van der Waals surface area contributed by atoms with Gasteiger partial charge in [-0.2, -0.15) is 0 Å². The van der Waals surface area contributed by atoms with Crippen LogP contribution >= 0.6 is 0 Å². The van der Waals surface area contributed by atoms with Gasteiger partial charge in [0.25, 0.3) is 11.8 Å². The van der Waals surface area contributed by atoms with Gasteiger partial charge in [-0.25, -0.2) is 4.39 Å². The number of para-hydroxylation sites is 1. The van der Waals surface area contributed by atoms with Crippen LogP contribution in [0.2, 0.25) is 0 Å². The van der Waals surface area contributed by atoms with Gasteiger partial charge in [0.15, 0.2) is 18.2 Å². The van der Waals surface area contributed by atoms with Crippen molar-refractivity contribution in [2.75, 3.05) is 13.2 Å². The van der Waals surface area contributed by atoms with Crippen LogP contribution in [0.25, 0.3) is 11.6 Å². The van der Waals surface area contributed by atoms with E-state index in [4.69, 9.17) is 9.15 Å². The predicted molar refractivity (Wildman–Crippen MR) is 97.7 cm³/mol. The van der Waals surface area contributed by atoms with E-state index in [-0.39, 0.29) is 24.3 Å². The fourth-order valence-corrected chi connectivity index (χ4v) is 3.23. The number of carbonyl (C=O) groups excluding carboxylic acids is 1. The Kier molecular flexibility index (Phi) is 5.27. The zero-order valence-electron chi connectivity index (χ0n) is 15.1. The third kappa shape index (κ3) is 3.85. The molecule has 7 nitrogen and oxygen atoms in total. The average molecular weight is 382 g/mol. The molecule has 8 heteroatoms. The van der Waals surface area contributed by atoms with Crippen molar-refractivity contribution >= 4 is 5.91 Å². The van der Waals surface area contributed by atoms with Crippen molar-refractivity contribution in [3.63, 3.8) is 0 Å². The first-order valence-electron chi connectivity index (χ1n) is 9.14. The minimum atomic E-state index is -0.498. The molecular weight excluding hydrogens is 363 g/mol. The molecule has 0 bridgehead atoms. The molecule has 0 saturated carbocycles. The molecule has 1 fully saturated rings. The number of pyridine rings is 1. The van der Waals surface area contributed by atoms with E-state index in [1.807, 2.05) is 6.07 Å². The summed E-state index contributed by atoms with van der Waals surface area (Å²) in [5, 5.41) is 8.19. The number of piperidine rings is 1. The molecule has 1 atom stereocenters. The van der Waals surface area contributed by atoms with Crippen molar-refractivity contribution in [1.82, 2.24) is 20.1 Å². The van der Waals surface area contributed by atoms with Crippen LogP contribution in [0.5, 0.6) is 5.75 Å². The van der Waals surface area contributed by atoms with Crippen molar-refractivity contribution in [2.24, 2.45) is 0 Å². The molecule has 3 aromatic rings. The van der Waals surface area contributed by atoms with Gasteiger partial charge in [0.2, 0.25) is 5.89 Å². The molecule has 28 heavy (non-hydrogen) atoms. The number of likely N-dealkylation sites (tertiary alicyclic amines) is 1. The second kappa shape index (κ2) is 8.16. The molecule has 1 aliphatic rings. The SMILES string of the molecule is O=C(COc1ccccc1F)N1CCCCC1c1nnc(-c2ccccn2)o1. The van der Waals surface area contributed by atoms with Crippen LogP contribution in [0.4, 0.5) is 4.39 Å². The standard InChI is InChI=1S/C20H19FN4O3/c21-14-7-1-2-10-17(14)27-13-18(26)25-12-6-4-9-16(25)20-24-23-19(28-20)15-8-3-5-11-22-15/h1-3,5,7-8,10-11,16H,4,6,9,12-13H2. The Labute approximate surface area is 161 Å². The fourth-order valence-electron chi connectivity index (χ4n) is 3.23. The van der Waals surface area contributed by atoms with Crippen LogP contribution in [0, 0.1) is 5.82 Å². The third-order valence-corrected chi connectivity index (χ3v) is 4.62. The van der Waals surface area contributed by atoms with Gasteiger partial charge in [-0.1, -0.05) is 18.2 Å². The number of halogens is 1. The largest absolute Gasteiger partial charge is 0.481 e. The lowest BCUT2D eigenvalue weighted by atomic mass is 10.0. The number of benzene rings is 1. The minimum absolute atomic E-state index is 0.0552. The lowest BCUT2D eigenvalue weighted by Gasteiger charge is -2.33. The molecule has 1 aromatic carbocycles. The number of hydrogen-bond donors (Lipinski definition) is 0. The lowest BCUT2D eigenvalue weighted by Crippen LogP contribution is -2.41. The highest BCUT2D eigenvalue weighted by Gasteiger charge is 2.32. The predicted octanol–water partition coefficient (Wildman–Crippen LogP) is 3.40. The fraction of sp³-hybridized carbons (Fsp3) is 0.300. The number of ether oxygens (including phenoxy) is 1. The van der Waals surface area contributed by atoms with Gasteiger partial charge in [-0.05, 0) is 43.5 Å². The average Bonchev–Trinajstić information content (AvgIpc) is 3.24. The van der Waals surface area contributed by atoms with Crippen LogP contribution in [-0.2, 0) is 4.79 Å². The quantitative estimate of drug-likeness (QED) is 0.673. The molecular formula is C20H19FN4O3. The number of aromatic nitrogens is 3. The summed E-state index contributed by atoms with van der Waals surface area (Å²) in [5.41, 5.74) is 0.581. The van der Waals surface area contributed by atoms with E-state index in [1.54, 1.807) is 35.4 Å².